The van der Waals surface area contributed by atoms with Crippen molar-refractivity contribution < 1.29 is 9.59 Å². The van der Waals surface area contributed by atoms with Gasteiger partial charge in [0.05, 0.1) is 24.0 Å². The number of amides is 2. The fourth-order valence-corrected chi connectivity index (χ4v) is 3.98. The molecule has 23 heavy (non-hydrogen) atoms. The van der Waals surface area contributed by atoms with Crippen LogP contribution in [0.1, 0.15) is 30.6 Å². The van der Waals surface area contributed by atoms with E-state index in [9.17, 15) is 9.59 Å². The third kappa shape index (κ3) is 2.81. The van der Waals surface area contributed by atoms with E-state index in [1.807, 2.05) is 4.90 Å². The van der Waals surface area contributed by atoms with Crippen molar-refractivity contribution in [2.24, 2.45) is 5.92 Å². The molecule has 1 aromatic heterocycles. The first-order chi connectivity index (χ1) is 11.0. The molecule has 0 aliphatic carbocycles. The fourth-order valence-electron chi connectivity index (χ4n) is 3.98. The summed E-state index contributed by atoms with van der Waals surface area (Å²) in [4.78, 5) is 28.9. The quantitative estimate of drug-likeness (QED) is 0.858. The molecule has 0 spiro atoms. The lowest BCUT2D eigenvalue weighted by atomic mass is 10.0. The van der Waals surface area contributed by atoms with Crippen LogP contribution in [0, 0.1) is 5.92 Å². The predicted octanol–water partition coefficient (Wildman–Crippen LogP) is 0.146. The molecule has 0 aromatic carbocycles. The highest BCUT2D eigenvalue weighted by Crippen LogP contribution is 2.37. The lowest BCUT2D eigenvalue weighted by molar-refractivity contribution is -0.126. The van der Waals surface area contributed by atoms with Crippen molar-refractivity contribution in [1.29, 1.82) is 0 Å². The van der Waals surface area contributed by atoms with Gasteiger partial charge in [-0.25, -0.2) is 0 Å². The molecule has 124 valence electrons. The van der Waals surface area contributed by atoms with Crippen molar-refractivity contribution in [3.63, 3.8) is 0 Å². The summed E-state index contributed by atoms with van der Waals surface area (Å²) in [5.41, 5.74) is 0.568. The van der Waals surface area contributed by atoms with Gasteiger partial charge in [-0.2, -0.15) is 10.2 Å². The van der Waals surface area contributed by atoms with Crippen LogP contribution in [0.4, 0.5) is 0 Å². The van der Waals surface area contributed by atoms with E-state index in [4.69, 9.17) is 0 Å². The lowest BCUT2D eigenvalue weighted by Gasteiger charge is -2.33. The first kappa shape index (κ1) is 15.9. The van der Waals surface area contributed by atoms with Gasteiger partial charge in [-0.05, 0) is 32.3 Å². The maximum Gasteiger partial charge on any atom is 0.255 e. The topological polar surface area (TPSA) is 78.4 Å². The number of likely N-dealkylation sites (N-methyl/N-ethyl adjacent to an activating group) is 1. The van der Waals surface area contributed by atoms with Gasteiger partial charge < -0.3 is 10.2 Å². The van der Waals surface area contributed by atoms with Crippen LogP contribution in [-0.4, -0.2) is 70.1 Å². The number of fused-ring (bicyclic) bond motifs is 1. The zero-order chi connectivity index (χ0) is 16.6. The average molecular weight is 317 g/mol. The Hall–Kier alpha value is -2.02. The van der Waals surface area contributed by atoms with Gasteiger partial charge in [0.1, 0.15) is 0 Å². The molecule has 0 bridgehead atoms. The van der Waals surface area contributed by atoms with Gasteiger partial charge in [-0.15, -0.1) is 0 Å². The van der Waals surface area contributed by atoms with E-state index in [1.54, 1.807) is 13.1 Å². The van der Waals surface area contributed by atoms with Crippen molar-refractivity contribution >= 4 is 11.8 Å². The minimum Gasteiger partial charge on any atom is -0.358 e. The molecule has 0 saturated carbocycles. The molecule has 2 fully saturated rings. The number of nitrogens with one attached hydrogen (secondary N) is 1. The zero-order valence-electron chi connectivity index (χ0n) is 13.8. The second-order valence-corrected chi connectivity index (χ2v) is 6.58. The van der Waals surface area contributed by atoms with Gasteiger partial charge in [0, 0.05) is 32.2 Å². The Morgan fingerprint density at radius 2 is 2.09 bits per heavy atom. The number of carbonyl (C=O) groups excluding carboxylic acids is 2. The summed E-state index contributed by atoms with van der Waals surface area (Å²) >= 11 is 0. The fraction of sp³-hybridized carbons (Fsp3) is 0.625. The summed E-state index contributed by atoms with van der Waals surface area (Å²) in [6, 6.07) is 2.12. The Bertz CT molecular complexity index is 591. The highest BCUT2D eigenvalue weighted by Gasteiger charge is 2.50. The number of carbonyl (C=O) groups is 2. The SMILES string of the molecule is CNC(=O)[C@@H]1C[C@H]2CN(C(=O)c3ccnnc3)C[C@H]2N1C(C)C. The van der Waals surface area contributed by atoms with E-state index in [0.29, 0.717) is 24.6 Å². The molecular formula is C16H23N5O2. The van der Waals surface area contributed by atoms with Crippen molar-refractivity contribution in [2.45, 2.75) is 38.4 Å². The minimum absolute atomic E-state index is 0.00509. The maximum absolute atomic E-state index is 12.6. The summed E-state index contributed by atoms with van der Waals surface area (Å²) in [6.07, 6.45) is 3.84. The van der Waals surface area contributed by atoms with E-state index in [1.165, 1.54) is 12.4 Å². The Balaban J connectivity index is 1.75. The molecule has 2 aliphatic heterocycles. The molecule has 0 unspecified atom stereocenters. The monoisotopic (exact) mass is 317 g/mol. The van der Waals surface area contributed by atoms with Crippen LogP contribution in [0.15, 0.2) is 18.5 Å². The molecular weight excluding hydrogens is 294 g/mol. The highest BCUT2D eigenvalue weighted by molar-refractivity contribution is 5.94. The molecule has 2 amide bonds. The van der Waals surface area contributed by atoms with Gasteiger partial charge in [-0.3, -0.25) is 14.5 Å². The summed E-state index contributed by atoms with van der Waals surface area (Å²) in [6.45, 7) is 5.57. The average Bonchev–Trinajstić information content (AvgIpc) is 3.11. The van der Waals surface area contributed by atoms with E-state index in [2.05, 4.69) is 34.3 Å². The number of rotatable bonds is 3. The maximum atomic E-state index is 12.6. The van der Waals surface area contributed by atoms with Crippen molar-refractivity contribution in [3.8, 4) is 0 Å². The van der Waals surface area contributed by atoms with Crippen LogP contribution in [-0.2, 0) is 4.79 Å². The van der Waals surface area contributed by atoms with Crippen LogP contribution in [0.2, 0.25) is 0 Å². The predicted molar refractivity (Wildman–Crippen MR) is 84.7 cm³/mol. The van der Waals surface area contributed by atoms with Crippen LogP contribution in [0.25, 0.3) is 0 Å². The third-order valence-electron chi connectivity index (χ3n) is 4.94. The van der Waals surface area contributed by atoms with Crippen molar-refractivity contribution in [2.75, 3.05) is 20.1 Å². The molecule has 7 heteroatoms. The summed E-state index contributed by atoms with van der Waals surface area (Å²) in [5.74, 6) is 0.414. The largest absolute Gasteiger partial charge is 0.358 e. The smallest absolute Gasteiger partial charge is 0.255 e. The van der Waals surface area contributed by atoms with Crippen LogP contribution >= 0.6 is 0 Å². The second-order valence-electron chi connectivity index (χ2n) is 6.58. The van der Waals surface area contributed by atoms with E-state index >= 15 is 0 Å². The summed E-state index contributed by atoms with van der Waals surface area (Å²) in [7, 11) is 1.68. The summed E-state index contributed by atoms with van der Waals surface area (Å²) < 4.78 is 0. The Morgan fingerprint density at radius 3 is 2.70 bits per heavy atom. The number of hydrogen-bond acceptors (Lipinski definition) is 5. The molecule has 0 radical (unpaired) electrons. The third-order valence-corrected chi connectivity index (χ3v) is 4.94. The first-order valence-electron chi connectivity index (χ1n) is 8.08. The normalized spacial score (nSPS) is 27.3. The van der Waals surface area contributed by atoms with Crippen molar-refractivity contribution in [3.05, 3.63) is 24.0 Å². The summed E-state index contributed by atoms with van der Waals surface area (Å²) in [5, 5.41) is 10.3. The lowest BCUT2D eigenvalue weighted by Crippen LogP contribution is -2.50. The van der Waals surface area contributed by atoms with Gasteiger partial charge >= 0.3 is 0 Å². The molecule has 3 rings (SSSR count). The highest BCUT2D eigenvalue weighted by atomic mass is 16.2. The van der Waals surface area contributed by atoms with E-state index in [-0.39, 0.29) is 29.9 Å². The Morgan fingerprint density at radius 1 is 1.30 bits per heavy atom. The molecule has 3 atom stereocenters. The zero-order valence-corrected chi connectivity index (χ0v) is 13.8. The van der Waals surface area contributed by atoms with Gasteiger partial charge in [-0.1, -0.05) is 0 Å². The second kappa shape index (κ2) is 6.23. The minimum atomic E-state index is -0.0881. The van der Waals surface area contributed by atoms with Crippen LogP contribution in [0.5, 0.6) is 0 Å². The van der Waals surface area contributed by atoms with Crippen LogP contribution < -0.4 is 5.32 Å². The molecule has 7 nitrogen and oxygen atoms in total. The number of aromatic nitrogens is 2. The van der Waals surface area contributed by atoms with E-state index in [0.717, 1.165) is 6.42 Å². The van der Waals surface area contributed by atoms with Gasteiger partial charge in [0.25, 0.3) is 5.91 Å². The molecule has 1 aromatic rings. The van der Waals surface area contributed by atoms with Gasteiger partial charge in [0.15, 0.2) is 0 Å². The molecule has 3 heterocycles. The molecule has 2 aliphatic rings. The standard InChI is InChI=1S/C16H23N5O2/c1-10(2)21-13(15(22)17-3)6-12-8-20(9-14(12)21)16(23)11-4-5-18-19-7-11/h4-5,7,10,12-14H,6,8-9H2,1-3H3,(H,17,22)/t12-,13-,14+/m0/s1. The van der Waals surface area contributed by atoms with E-state index < -0.39 is 0 Å². The van der Waals surface area contributed by atoms with Gasteiger partial charge in [0.2, 0.25) is 5.91 Å². The Kier molecular flexibility index (Phi) is 4.30. The first-order valence-corrected chi connectivity index (χ1v) is 8.08. The van der Waals surface area contributed by atoms with Crippen LogP contribution in [0.3, 0.4) is 0 Å². The number of likely N-dealkylation sites (tertiary alicyclic amines) is 2. The molecule has 2 saturated heterocycles. The van der Waals surface area contributed by atoms with Crippen molar-refractivity contribution in [1.82, 2.24) is 25.3 Å². The molecule has 1 N–H and O–H groups in total. The Labute approximate surface area is 136 Å². The number of nitrogens with zero attached hydrogens (tertiary/aromatic N) is 4. The number of hydrogen-bond donors (Lipinski definition) is 1.